The zero-order valence-electron chi connectivity index (χ0n) is 12.8. The van der Waals surface area contributed by atoms with E-state index in [-0.39, 0.29) is 0 Å². The highest BCUT2D eigenvalue weighted by molar-refractivity contribution is 7.88. The number of sulfonamides is 1. The molecule has 0 saturated carbocycles. The number of nitrogens with zero attached hydrogens (tertiary/aromatic N) is 1. The Morgan fingerprint density at radius 1 is 1.19 bits per heavy atom. The second kappa shape index (κ2) is 8.63. The summed E-state index contributed by atoms with van der Waals surface area (Å²) < 4.78 is 24.3. The lowest BCUT2D eigenvalue weighted by Gasteiger charge is -2.16. The van der Waals surface area contributed by atoms with Crippen molar-refractivity contribution >= 4 is 16.0 Å². The largest absolute Gasteiger partial charge is 0.356 e. The van der Waals surface area contributed by atoms with E-state index in [2.05, 4.69) is 39.4 Å². The van der Waals surface area contributed by atoms with Gasteiger partial charge >= 0.3 is 0 Å². The van der Waals surface area contributed by atoms with Gasteiger partial charge < -0.3 is 10.6 Å². The number of rotatable bonds is 7. The van der Waals surface area contributed by atoms with Gasteiger partial charge in [-0.05, 0) is 11.5 Å². The fraction of sp³-hybridized carbons (Fsp3) is 0.500. The summed E-state index contributed by atoms with van der Waals surface area (Å²) in [5.74, 6) is 1.02. The van der Waals surface area contributed by atoms with E-state index < -0.39 is 10.0 Å². The summed E-state index contributed by atoms with van der Waals surface area (Å²) in [4.78, 5) is 4.10. The maximum absolute atomic E-state index is 10.9. The van der Waals surface area contributed by atoms with Gasteiger partial charge in [-0.25, -0.2) is 13.1 Å². The van der Waals surface area contributed by atoms with Crippen molar-refractivity contribution in [2.45, 2.75) is 12.8 Å². The topological polar surface area (TPSA) is 82.6 Å². The minimum absolute atomic E-state index is 0.327. The fourth-order valence-electron chi connectivity index (χ4n) is 1.79. The molecule has 1 unspecified atom stereocenters. The first-order chi connectivity index (χ1) is 9.92. The van der Waals surface area contributed by atoms with Crippen molar-refractivity contribution in [1.29, 1.82) is 0 Å². The molecule has 3 N–H and O–H groups in total. The standard InChI is InChI=1S/C14H24N4O2S/c1-12(13-7-5-4-6-8-13)11-17-14(15-2)16-9-10-18-21(3,19)20/h4-8,12,18H,9-11H2,1-3H3,(H2,15,16,17). The van der Waals surface area contributed by atoms with Crippen molar-refractivity contribution in [2.24, 2.45) is 4.99 Å². The van der Waals surface area contributed by atoms with Crippen LogP contribution in [0.4, 0.5) is 0 Å². The molecule has 0 aliphatic carbocycles. The number of hydrogen-bond donors (Lipinski definition) is 3. The van der Waals surface area contributed by atoms with Crippen molar-refractivity contribution in [1.82, 2.24) is 15.4 Å². The van der Waals surface area contributed by atoms with Crippen LogP contribution in [-0.4, -0.2) is 47.3 Å². The number of nitrogens with one attached hydrogen (secondary N) is 3. The first kappa shape index (κ1) is 17.5. The van der Waals surface area contributed by atoms with Gasteiger partial charge in [0.15, 0.2) is 5.96 Å². The normalized spacial score (nSPS) is 13.8. The third-order valence-corrected chi connectivity index (χ3v) is 3.68. The minimum Gasteiger partial charge on any atom is -0.356 e. The van der Waals surface area contributed by atoms with Crippen LogP contribution in [0.2, 0.25) is 0 Å². The molecule has 0 fully saturated rings. The van der Waals surface area contributed by atoms with E-state index in [9.17, 15) is 8.42 Å². The van der Waals surface area contributed by atoms with Crippen LogP contribution >= 0.6 is 0 Å². The van der Waals surface area contributed by atoms with Crippen molar-refractivity contribution in [3.8, 4) is 0 Å². The first-order valence-corrected chi connectivity index (χ1v) is 8.75. The Bertz CT molecular complexity index is 543. The number of hydrogen-bond acceptors (Lipinski definition) is 3. The number of guanidine groups is 1. The molecule has 21 heavy (non-hydrogen) atoms. The molecule has 0 bridgehead atoms. The predicted octanol–water partition coefficient (Wildman–Crippen LogP) is 0.504. The van der Waals surface area contributed by atoms with Crippen molar-refractivity contribution < 1.29 is 8.42 Å². The molecular formula is C14H24N4O2S. The average Bonchev–Trinajstić information content (AvgIpc) is 2.46. The summed E-state index contributed by atoms with van der Waals surface area (Å²) in [6, 6.07) is 10.2. The van der Waals surface area contributed by atoms with E-state index in [1.807, 2.05) is 18.2 Å². The zero-order valence-corrected chi connectivity index (χ0v) is 13.6. The molecule has 1 aromatic carbocycles. The van der Waals surface area contributed by atoms with E-state index >= 15 is 0 Å². The molecule has 0 radical (unpaired) electrons. The van der Waals surface area contributed by atoms with E-state index in [0.29, 0.717) is 25.0 Å². The lowest BCUT2D eigenvalue weighted by molar-refractivity contribution is 0.586. The van der Waals surface area contributed by atoms with Crippen molar-refractivity contribution in [3.05, 3.63) is 35.9 Å². The van der Waals surface area contributed by atoms with Gasteiger partial charge in [0.2, 0.25) is 10.0 Å². The highest BCUT2D eigenvalue weighted by Gasteiger charge is 2.06. The third-order valence-electron chi connectivity index (χ3n) is 2.95. The molecule has 0 saturated heterocycles. The van der Waals surface area contributed by atoms with Gasteiger partial charge in [-0.2, -0.15) is 0 Å². The van der Waals surface area contributed by atoms with E-state index in [0.717, 1.165) is 12.8 Å². The number of aliphatic imine (C=N–C) groups is 1. The predicted molar refractivity (Wildman–Crippen MR) is 87.1 cm³/mol. The lowest BCUT2D eigenvalue weighted by Crippen LogP contribution is -2.42. The van der Waals surface area contributed by atoms with Crippen LogP contribution in [0.3, 0.4) is 0 Å². The van der Waals surface area contributed by atoms with Crippen LogP contribution in [-0.2, 0) is 10.0 Å². The maximum Gasteiger partial charge on any atom is 0.208 e. The van der Waals surface area contributed by atoms with Crippen LogP contribution in [0, 0.1) is 0 Å². The van der Waals surface area contributed by atoms with Crippen molar-refractivity contribution in [3.63, 3.8) is 0 Å². The minimum atomic E-state index is -3.14. The smallest absolute Gasteiger partial charge is 0.208 e. The van der Waals surface area contributed by atoms with Gasteiger partial charge in [-0.3, -0.25) is 4.99 Å². The Hall–Kier alpha value is -1.60. The molecular weight excluding hydrogens is 288 g/mol. The second-order valence-electron chi connectivity index (χ2n) is 4.86. The van der Waals surface area contributed by atoms with E-state index in [1.54, 1.807) is 7.05 Å². The highest BCUT2D eigenvalue weighted by Crippen LogP contribution is 2.12. The van der Waals surface area contributed by atoms with Gasteiger partial charge in [-0.15, -0.1) is 0 Å². The van der Waals surface area contributed by atoms with Gasteiger partial charge in [0.25, 0.3) is 0 Å². The Morgan fingerprint density at radius 3 is 2.43 bits per heavy atom. The van der Waals surface area contributed by atoms with Crippen LogP contribution in [0.25, 0.3) is 0 Å². The SMILES string of the molecule is CN=C(NCCNS(C)(=O)=O)NCC(C)c1ccccc1. The van der Waals surface area contributed by atoms with Crippen LogP contribution < -0.4 is 15.4 Å². The zero-order chi connectivity index (χ0) is 15.7. The first-order valence-electron chi connectivity index (χ1n) is 6.86. The lowest BCUT2D eigenvalue weighted by atomic mass is 10.0. The molecule has 1 rings (SSSR count). The summed E-state index contributed by atoms with van der Waals surface area (Å²) in [6.45, 7) is 3.70. The van der Waals surface area contributed by atoms with E-state index in [4.69, 9.17) is 0 Å². The van der Waals surface area contributed by atoms with Gasteiger partial charge in [0, 0.05) is 26.7 Å². The molecule has 6 nitrogen and oxygen atoms in total. The average molecular weight is 312 g/mol. The summed E-state index contributed by atoms with van der Waals surface area (Å²) in [6.07, 6.45) is 1.14. The van der Waals surface area contributed by atoms with Crippen LogP contribution in [0.15, 0.2) is 35.3 Å². The second-order valence-corrected chi connectivity index (χ2v) is 6.69. The Labute approximate surface area is 127 Å². The van der Waals surface area contributed by atoms with Gasteiger partial charge in [-0.1, -0.05) is 37.3 Å². The number of benzene rings is 1. The molecule has 1 atom stereocenters. The summed E-state index contributed by atoms with van der Waals surface area (Å²) in [5.41, 5.74) is 1.26. The van der Waals surface area contributed by atoms with Gasteiger partial charge in [0.05, 0.1) is 6.26 Å². The fourth-order valence-corrected chi connectivity index (χ4v) is 2.26. The molecule has 118 valence electrons. The molecule has 7 heteroatoms. The van der Waals surface area contributed by atoms with Crippen molar-refractivity contribution in [2.75, 3.05) is 32.9 Å². The molecule has 0 spiro atoms. The summed E-state index contributed by atoms with van der Waals surface area (Å²) >= 11 is 0. The molecule has 0 aliphatic rings. The summed E-state index contributed by atoms with van der Waals surface area (Å²) in [5, 5.41) is 6.29. The molecule has 0 heterocycles. The quantitative estimate of drug-likeness (QED) is 0.389. The highest BCUT2D eigenvalue weighted by atomic mass is 32.2. The molecule has 0 aromatic heterocycles. The molecule has 0 aliphatic heterocycles. The Kier molecular flexibility index (Phi) is 7.18. The molecule has 1 aromatic rings. The van der Waals surface area contributed by atoms with Gasteiger partial charge in [0.1, 0.15) is 0 Å². The Balaban J connectivity index is 2.32. The Morgan fingerprint density at radius 2 is 1.86 bits per heavy atom. The molecule has 0 amide bonds. The van der Waals surface area contributed by atoms with Crippen LogP contribution in [0.5, 0.6) is 0 Å². The third kappa shape index (κ3) is 7.67. The van der Waals surface area contributed by atoms with Crippen LogP contribution in [0.1, 0.15) is 18.4 Å². The monoisotopic (exact) mass is 312 g/mol. The van der Waals surface area contributed by atoms with E-state index in [1.165, 1.54) is 5.56 Å². The summed E-state index contributed by atoms with van der Waals surface area (Å²) in [7, 11) is -1.45. The maximum atomic E-state index is 10.9.